The van der Waals surface area contributed by atoms with E-state index < -0.39 is 0 Å². The maximum absolute atomic E-state index is 5.85. The van der Waals surface area contributed by atoms with E-state index in [-0.39, 0.29) is 0 Å². The van der Waals surface area contributed by atoms with E-state index in [1.54, 1.807) is 0 Å². The lowest BCUT2D eigenvalue weighted by Gasteiger charge is -2.26. The molecule has 0 radical (unpaired) electrons. The highest BCUT2D eigenvalue weighted by atomic mass is 15.2. The summed E-state index contributed by atoms with van der Waals surface area (Å²) in [7, 11) is 0. The van der Waals surface area contributed by atoms with Gasteiger partial charge in [0.15, 0.2) is 0 Å². The highest BCUT2D eigenvalue weighted by Gasteiger charge is 2.09. The number of pyridine rings is 1. The molecule has 1 aromatic rings. The molecule has 1 aromatic heterocycles. The van der Waals surface area contributed by atoms with Crippen molar-refractivity contribution in [2.45, 2.75) is 33.7 Å². The Balaban J connectivity index is 3.00. The number of nitrogen functional groups attached to an aromatic ring is 1. The van der Waals surface area contributed by atoms with Gasteiger partial charge in [0.25, 0.3) is 0 Å². The largest absolute Gasteiger partial charge is 0.398 e. The quantitative estimate of drug-likeness (QED) is 0.800. The van der Waals surface area contributed by atoms with Crippen LogP contribution in [0.4, 0.5) is 11.5 Å². The van der Waals surface area contributed by atoms with Crippen LogP contribution in [0.5, 0.6) is 0 Å². The van der Waals surface area contributed by atoms with Crippen LogP contribution >= 0.6 is 0 Å². The molecule has 14 heavy (non-hydrogen) atoms. The molecule has 0 aliphatic heterocycles. The molecule has 1 heterocycles. The fourth-order valence-electron chi connectivity index (χ4n) is 1.48. The van der Waals surface area contributed by atoms with Gasteiger partial charge in [-0.3, -0.25) is 0 Å². The Morgan fingerprint density at radius 2 is 2.14 bits per heavy atom. The lowest BCUT2D eigenvalue weighted by molar-refractivity contribution is 0.693. The maximum atomic E-state index is 5.85. The van der Waals surface area contributed by atoms with E-state index in [0.717, 1.165) is 23.6 Å². The summed E-state index contributed by atoms with van der Waals surface area (Å²) in [6.07, 6.45) is 1.83. The molecule has 0 saturated heterocycles. The van der Waals surface area contributed by atoms with E-state index in [1.165, 1.54) is 0 Å². The molecule has 0 aliphatic rings. The fourth-order valence-corrected chi connectivity index (χ4v) is 1.48. The lowest BCUT2D eigenvalue weighted by Crippen LogP contribution is -2.31. The van der Waals surface area contributed by atoms with Crippen molar-refractivity contribution in [2.24, 2.45) is 0 Å². The molecular weight excluding hydrogens is 174 g/mol. The second-order valence-corrected chi connectivity index (χ2v) is 3.78. The van der Waals surface area contributed by atoms with E-state index >= 15 is 0 Å². The first-order valence-electron chi connectivity index (χ1n) is 5.05. The number of hydrogen-bond donors (Lipinski definition) is 1. The smallest absolute Gasteiger partial charge is 0.130 e. The predicted molar refractivity (Wildman–Crippen MR) is 61.5 cm³/mol. The minimum Gasteiger partial charge on any atom is -0.398 e. The van der Waals surface area contributed by atoms with Crippen LogP contribution in [-0.4, -0.2) is 17.6 Å². The molecular formula is C11H19N3. The monoisotopic (exact) mass is 193 g/mol. The first kappa shape index (κ1) is 10.8. The molecule has 0 amide bonds. The third-order valence-corrected chi connectivity index (χ3v) is 2.39. The summed E-state index contributed by atoms with van der Waals surface area (Å²) in [6.45, 7) is 9.35. The van der Waals surface area contributed by atoms with Gasteiger partial charge in [0.2, 0.25) is 0 Å². The molecule has 0 fully saturated rings. The van der Waals surface area contributed by atoms with Gasteiger partial charge in [-0.2, -0.15) is 0 Å². The van der Waals surface area contributed by atoms with Crippen LogP contribution in [0.15, 0.2) is 12.3 Å². The summed E-state index contributed by atoms with van der Waals surface area (Å²) in [5.41, 5.74) is 7.70. The Morgan fingerprint density at radius 1 is 1.50 bits per heavy atom. The molecule has 78 valence electrons. The van der Waals surface area contributed by atoms with E-state index in [9.17, 15) is 0 Å². The van der Waals surface area contributed by atoms with Crippen LogP contribution < -0.4 is 10.6 Å². The van der Waals surface area contributed by atoms with Crippen LogP contribution in [-0.2, 0) is 0 Å². The van der Waals surface area contributed by atoms with E-state index in [1.807, 2.05) is 19.2 Å². The van der Waals surface area contributed by atoms with Crippen molar-refractivity contribution in [3.63, 3.8) is 0 Å². The van der Waals surface area contributed by atoms with Gasteiger partial charge in [-0.05, 0) is 33.3 Å². The standard InChI is InChI=1S/C11H19N3/c1-5-14(8(2)3)11-6-10(12)9(4)7-13-11/h6-8H,5H2,1-4H3,(H2,12,13). The zero-order valence-corrected chi connectivity index (χ0v) is 9.41. The number of rotatable bonds is 3. The third-order valence-electron chi connectivity index (χ3n) is 2.39. The molecule has 1 rings (SSSR count). The molecule has 0 bridgehead atoms. The molecule has 3 heteroatoms. The second-order valence-electron chi connectivity index (χ2n) is 3.78. The van der Waals surface area contributed by atoms with Crippen molar-refractivity contribution in [3.8, 4) is 0 Å². The number of anilines is 2. The van der Waals surface area contributed by atoms with Gasteiger partial charge in [-0.15, -0.1) is 0 Å². The minimum atomic E-state index is 0.453. The Kier molecular flexibility index (Phi) is 3.33. The van der Waals surface area contributed by atoms with Gasteiger partial charge in [-0.1, -0.05) is 0 Å². The summed E-state index contributed by atoms with van der Waals surface area (Å²) >= 11 is 0. The molecule has 0 saturated carbocycles. The Hall–Kier alpha value is -1.25. The zero-order chi connectivity index (χ0) is 10.7. The predicted octanol–water partition coefficient (Wildman–Crippen LogP) is 2.21. The van der Waals surface area contributed by atoms with E-state index in [0.29, 0.717) is 6.04 Å². The highest BCUT2D eigenvalue weighted by molar-refractivity contribution is 5.54. The Bertz CT molecular complexity index is 307. The summed E-state index contributed by atoms with van der Waals surface area (Å²) in [6, 6.07) is 2.40. The topological polar surface area (TPSA) is 42.1 Å². The van der Waals surface area contributed by atoms with Crippen molar-refractivity contribution < 1.29 is 0 Å². The average Bonchev–Trinajstić information content (AvgIpc) is 2.11. The molecule has 0 atom stereocenters. The van der Waals surface area contributed by atoms with Crippen LogP contribution in [0.2, 0.25) is 0 Å². The Labute approximate surface area is 85.9 Å². The van der Waals surface area contributed by atoms with Crippen molar-refractivity contribution in [1.82, 2.24) is 4.98 Å². The minimum absolute atomic E-state index is 0.453. The fraction of sp³-hybridized carbons (Fsp3) is 0.545. The van der Waals surface area contributed by atoms with Crippen LogP contribution in [0.3, 0.4) is 0 Å². The molecule has 2 N–H and O–H groups in total. The summed E-state index contributed by atoms with van der Waals surface area (Å²) in [5.74, 6) is 0.964. The highest BCUT2D eigenvalue weighted by Crippen LogP contribution is 2.19. The van der Waals surface area contributed by atoms with Crippen LogP contribution in [0.1, 0.15) is 26.3 Å². The van der Waals surface area contributed by atoms with Gasteiger partial charge in [0.1, 0.15) is 5.82 Å². The van der Waals surface area contributed by atoms with Crippen molar-refractivity contribution in [1.29, 1.82) is 0 Å². The van der Waals surface area contributed by atoms with E-state index in [2.05, 4.69) is 30.7 Å². The maximum Gasteiger partial charge on any atom is 0.130 e. The number of aryl methyl sites for hydroxylation is 1. The van der Waals surface area contributed by atoms with Crippen molar-refractivity contribution in [2.75, 3.05) is 17.2 Å². The summed E-state index contributed by atoms with van der Waals surface area (Å²) in [5, 5.41) is 0. The number of aromatic nitrogens is 1. The summed E-state index contributed by atoms with van der Waals surface area (Å²) in [4.78, 5) is 6.60. The molecule has 0 spiro atoms. The molecule has 0 aliphatic carbocycles. The zero-order valence-electron chi connectivity index (χ0n) is 9.41. The molecule has 0 unspecified atom stereocenters. The van der Waals surface area contributed by atoms with Gasteiger partial charge >= 0.3 is 0 Å². The first-order valence-corrected chi connectivity index (χ1v) is 5.05. The van der Waals surface area contributed by atoms with Crippen LogP contribution in [0, 0.1) is 6.92 Å². The average molecular weight is 193 g/mol. The number of hydrogen-bond acceptors (Lipinski definition) is 3. The summed E-state index contributed by atoms with van der Waals surface area (Å²) < 4.78 is 0. The van der Waals surface area contributed by atoms with Crippen molar-refractivity contribution in [3.05, 3.63) is 17.8 Å². The first-order chi connectivity index (χ1) is 6.56. The number of nitrogens with two attached hydrogens (primary N) is 1. The van der Waals surface area contributed by atoms with Crippen molar-refractivity contribution >= 4 is 11.5 Å². The molecule has 0 aromatic carbocycles. The Morgan fingerprint density at radius 3 is 2.57 bits per heavy atom. The van der Waals surface area contributed by atoms with Gasteiger partial charge < -0.3 is 10.6 Å². The second kappa shape index (κ2) is 4.31. The van der Waals surface area contributed by atoms with Crippen LogP contribution in [0.25, 0.3) is 0 Å². The van der Waals surface area contributed by atoms with Gasteiger partial charge in [-0.25, -0.2) is 4.98 Å². The number of nitrogens with zero attached hydrogens (tertiary/aromatic N) is 2. The lowest BCUT2D eigenvalue weighted by atomic mass is 10.2. The van der Waals surface area contributed by atoms with E-state index in [4.69, 9.17) is 5.73 Å². The third kappa shape index (κ3) is 2.16. The normalized spacial score (nSPS) is 10.6. The van der Waals surface area contributed by atoms with Gasteiger partial charge in [0.05, 0.1) is 0 Å². The SMILES string of the molecule is CCN(c1cc(N)c(C)cn1)C(C)C. The molecule has 3 nitrogen and oxygen atoms in total. The van der Waals surface area contributed by atoms with Gasteiger partial charge in [0, 0.05) is 30.5 Å².